The van der Waals surface area contributed by atoms with Gasteiger partial charge in [-0.15, -0.1) is 0 Å². The molecule has 0 spiro atoms. The van der Waals surface area contributed by atoms with Gasteiger partial charge in [0.15, 0.2) is 5.79 Å². The highest BCUT2D eigenvalue weighted by molar-refractivity contribution is 5.58. The van der Waals surface area contributed by atoms with E-state index in [4.69, 9.17) is 14.2 Å². The van der Waals surface area contributed by atoms with Gasteiger partial charge >= 0.3 is 0 Å². The Morgan fingerprint density at radius 1 is 1.22 bits per heavy atom. The Bertz CT molecular complexity index is 376. The van der Waals surface area contributed by atoms with Gasteiger partial charge < -0.3 is 19.0 Å². The molecule has 0 aromatic carbocycles. The molecular weight excluding hydrogens is 232 g/mol. The Kier molecular flexibility index (Phi) is 2.84. The van der Waals surface area contributed by atoms with E-state index in [2.05, 4.69) is 13.0 Å². The summed E-state index contributed by atoms with van der Waals surface area (Å²) in [5, 5.41) is 0. The number of aldehydes is 1. The number of fused-ring (bicyclic) bond motifs is 2. The normalized spacial score (nSPS) is 49.5. The van der Waals surface area contributed by atoms with Crippen LogP contribution in [0.2, 0.25) is 0 Å². The van der Waals surface area contributed by atoms with Crippen molar-refractivity contribution >= 4 is 6.29 Å². The van der Waals surface area contributed by atoms with Crippen LogP contribution >= 0.6 is 0 Å². The van der Waals surface area contributed by atoms with Crippen LogP contribution in [0.15, 0.2) is 12.2 Å². The lowest BCUT2D eigenvalue weighted by atomic mass is 9.78. The van der Waals surface area contributed by atoms with Crippen LogP contribution in [0.4, 0.5) is 0 Å². The molecule has 18 heavy (non-hydrogen) atoms. The van der Waals surface area contributed by atoms with Crippen molar-refractivity contribution in [3.05, 3.63) is 12.2 Å². The van der Waals surface area contributed by atoms with Gasteiger partial charge in [-0.1, -0.05) is 12.2 Å². The molecule has 3 aliphatic heterocycles. The Balaban J connectivity index is 1.82. The van der Waals surface area contributed by atoms with Crippen molar-refractivity contribution in [3.63, 3.8) is 0 Å². The summed E-state index contributed by atoms with van der Waals surface area (Å²) in [6.45, 7) is 5.90. The van der Waals surface area contributed by atoms with Gasteiger partial charge in [-0.05, 0) is 20.8 Å². The van der Waals surface area contributed by atoms with Crippen LogP contribution in [0, 0.1) is 11.8 Å². The van der Waals surface area contributed by atoms with Crippen molar-refractivity contribution in [1.29, 1.82) is 0 Å². The van der Waals surface area contributed by atoms with Gasteiger partial charge in [0.05, 0.1) is 30.3 Å². The molecule has 4 nitrogen and oxygen atoms in total. The predicted molar refractivity (Wildman–Crippen MR) is 65.0 cm³/mol. The smallest absolute Gasteiger partial charge is 0.163 e. The highest BCUT2D eigenvalue weighted by atomic mass is 16.7. The van der Waals surface area contributed by atoms with E-state index in [0.29, 0.717) is 0 Å². The van der Waals surface area contributed by atoms with Crippen LogP contribution in [-0.4, -0.2) is 36.5 Å². The molecule has 0 aliphatic carbocycles. The zero-order chi connectivity index (χ0) is 12.9. The lowest BCUT2D eigenvalue weighted by molar-refractivity contribution is -0.306. The fraction of sp³-hybridized carbons (Fsp3) is 0.786. The molecule has 2 bridgehead atoms. The van der Waals surface area contributed by atoms with Crippen molar-refractivity contribution in [1.82, 2.24) is 0 Å². The third-order valence-corrected chi connectivity index (χ3v) is 4.08. The summed E-state index contributed by atoms with van der Waals surface area (Å²) in [5.74, 6) is -0.532. The van der Waals surface area contributed by atoms with E-state index in [1.807, 2.05) is 19.9 Å². The molecule has 3 heterocycles. The van der Waals surface area contributed by atoms with E-state index in [1.165, 1.54) is 0 Å². The molecule has 0 radical (unpaired) electrons. The summed E-state index contributed by atoms with van der Waals surface area (Å²) in [4.78, 5) is 11.3. The van der Waals surface area contributed by atoms with Crippen LogP contribution in [0.5, 0.6) is 0 Å². The summed E-state index contributed by atoms with van der Waals surface area (Å²) in [7, 11) is 0. The zero-order valence-electron chi connectivity index (χ0n) is 11.0. The molecule has 100 valence electrons. The van der Waals surface area contributed by atoms with Gasteiger partial charge in [-0.3, -0.25) is 0 Å². The molecule has 2 saturated heterocycles. The van der Waals surface area contributed by atoms with Crippen molar-refractivity contribution in [2.24, 2.45) is 11.8 Å². The SMILES string of the molecule is C[C@@H]1C[C@@H]([C@H]2C(C=O)[C@@H]3C=C[C@H]2O3)OC(C)(C)O1. The number of ether oxygens (including phenoxy) is 3. The molecule has 0 N–H and O–H groups in total. The molecule has 3 aliphatic rings. The van der Waals surface area contributed by atoms with Gasteiger partial charge in [0.1, 0.15) is 6.29 Å². The van der Waals surface area contributed by atoms with Crippen LogP contribution in [0.1, 0.15) is 27.2 Å². The van der Waals surface area contributed by atoms with Crippen molar-refractivity contribution in [2.45, 2.75) is 57.4 Å². The van der Waals surface area contributed by atoms with Gasteiger partial charge in [-0.2, -0.15) is 0 Å². The number of carbonyl (C=O) groups excluding carboxylic acids is 1. The summed E-state index contributed by atoms with van der Waals surface area (Å²) in [6, 6.07) is 0. The van der Waals surface area contributed by atoms with E-state index in [-0.39, 0.29) is 36.3 Å². The van der Waals surface area contributed by atoms with Crippen LogP contribution in [0.3, 0.4) is 0 Å². The van der Waals surface area contributed by atoms with E-state index in [1.54, 1.807) is 0 Å². The van der Waals surface area contributed by atoms with Gasteiger partial charge in [0.25, 0.3) is 0 Å². The van der Waals surface area contributed by atoms with Crippen molar-refractivity contribution in [3.8, 4) is 0 Å². The molecular formula is C14H20O4. The second kappa shape index (κ2) is 4.15. The molecule has 0 saturated carbocycles. The number of hydrogen-bond acceptors (Lipinski definition) is 4. The second-order valence-corrected chi connectivity index (χ2v) is 5.96. The fourth-order valence-electron chi connectivity index (χ4n) is 3.53. The summed E-state index contributed by atoms with van der Waals surface area (Å²) >= 11 is 0. The first-order valence-corrected chi connectivity index (χ1v) is 6.65. The second-order valence-electron chi connectivity index (χ2n) is 5.96. The monoisotopic (exact) mass is 252 g/mol. The summed E-state index contributed by atoms with van der Waals surface area (Å²) < 4.78 is 17.5. The Labute approximate surface area is 107 Å². The molecule has 1 unspecified atom stereocenters. The number of hydrogen-bond donors (Lipinski definition) is 0. The topological polar surface area (TPSA) is 44.8 Å². The molecule has 2 fully saturated rings. The quantitative estimate of drug-likeness (QED) is 0.554. The third kappa shape index (κ3) is 1.92. The first kappa shape index (κ1) is 12.3. The largest absolute Gasteiger partial charge is 0.366 e. The van der Waals surface area contributed by atoms with Crippen LogP contribution < -0.4 is 0 Å². The number of carbonyl (C=O) groups is 1. The highest BCUT2D eigenvalue weighted by Gasteiger charge is 2.52. The van der Waals surface area contributed by atoms with E-state index in [9.17, 15) is 4.79 Å². The Morgan fingerprint density at radius 3 is 2.61 bits per heavy atom. The van der Waals surface area contributed by atoms with Gasteiger partial charge in [-0.25, -0.2) is 0 Å². The van der Waals surface area contributed by atoms with Crippen LogP contribution in [-0.2, 0) is 19.0 Å². The first-order chi connectivity index (χ1) is 8.50. The van der Waals surface area contributed by atoms with Gasteiger partial charge in [0.2, 0.25) is 0 Å². The summed E-state index contributed by atoms with van der Waals surface area (Å²) in [5.41, 5.74) is 0. The maximum Gasteiger partial charge on any atom is 0.163 e. The third-order valence-electron chi connectivity index (χ3n) is 4.08. The van der Waals surface area contributed by atoms with E-state index in [0.717, 1.165) is 12.7 Å². The van der Waals surface area contributed by atoms with E-state index >= 15 is 0 Å². The zero-order valence-corrected chi connectivity index (χ0v) is 11.0. The average Bonchev–Trinajstić information content (AvgIpc) is 2.84. The molecule has 3 rings (SSSR count). The molecule has 0 aromatic heterocycles. The van der Waals surface area contributed by atoms with Gasteiger partial charge in [0, 0.05) is 12.3 Å². The molecule has 6 atom stereocenters. The fourth-order valence-corrected chi connectivity index (χ4v) is 3.53. The standard InChI is InChI=1S/C14H20O4/c1-8-6-12(18-14(2,3)17-8)13-9(7-15)10-4-5-11(13)16-10/h4-5,7-13H,6H2,1-3H3/t8-,9?,10+,11-,12+,13+/m1/s1. The first-order valence-electron chi connectivity index (χ1n) is 6.65. The Hall–Kier alpha value is -0.710. The van der Waals surface area contributed by atoms with Crippen molar-refractivity contribution < 1.29 is 19.0 Å². The molecule has 0 amide bonds. The van der Waals surface area contributed by atoms with Crippen molar-refractivity contribution in [2.75, 3.05) is 0 Å². The lowest BCUT2D eigenvalue weighted by Crippen LogP contribution is -2.49. The minimum atomic E-state index is -0.582. The van der Waals surface area contributed by atoms with E-state index < -0.39 is 5.79 Å². The molecule has 4 heteroatoms. The minimum Gasteiger partial charge on any atom is -0.366 e. The number of rotatable bonds is 2. The predicted octanol–water partition coefficient (Wildman–Crippen LogP) is 1.68. The maximum absolute atomic E-state index is 11.3. The highest BCUT2D eigenvalue weighted by Crippen LogP contribution is 2.44. The van der Waals surface area contributed by atoms with Crippen LogP contribution in [0.25, 0.3) is 0 Å². The Morgan fingerprint density at radius 2 is 1.94 bits per heavy atom. The maximum atomic E-state index is 11.3. The minimum absolute atomic E-state index is 0.0244. The average molecular weight is 252 g/mol. The molecule has 0 aromatic rings. The lowest BCUT2D eigenvalue weighted by Gasteiger charge is -2.43. The summed E-state index contributed by atoms with van der Waals surface area (Å²) in [6.07, 6.45) is 6.04.